The fourth-order valence-electron chi connectivity index (χ4n) is 3.96. The van der Waals surface area contributed by atoms with Gasteiger partial charge < -0.3 is 9.80 Å². The summed E-state index contributed by atoms with van der Waals surface area (Å²) >= 11 is 0. The molecule has 0 bridgehead atoms. The molecule has 0 atom stereocenters. The molecule has 0 N–H and O–H groups in total. The largest absolute Gasteiger partial charge is 0.366 e. The molecule has 1 aromatic heterocycles. The third kappa shape index (κ3) is 3.67. The Labute approximate surface area is 177 Å². The Balaban J connectivity index is 1.48. The second-order valence-corrected chi connectivity index (χ2v) is 7.44. The van der Waals surface area contributed by atoms with Gasteiger partial charge in [0.1, 0.15) is 23.3 Å². The van der Waals surface area contributed by atoms with Crippen LogP contribution in [0.4, 0.5) is 24.7 Å². The van der Waals surface area contributed by atoms with Crippen molar-refractivity contribution in [1.29, 1.82) is 0 Å². The van der Waals surface area contributed by atoms with Crippen molar-refractivity contribution in [2.45, 2.75) is 0 Å². The van der Waals surface area contributed by atoms with Crippen molar-refractivity contribution >= 4 is 22.4 Å². The molecular weight excluding hydrogens is 401 g/mol. The van der Waals surface area contributed by atoms with Gasteiger partial charge in [-0.05, 0) is 36.4 Å². The molecule has 5 rings (SSSR count). The fourth-order valence-corrected chi connectivity index (χ4v) is 3.96. The maximum absolute atomic E-state index is 14.4. The van der Waals surface area contributed by atoms with Crippen molar-refractivity contribution in [2.75, 3.05) is 36.0 Å². The van der Waals surface area contributed by atoms with Gasteiger partial charge in [0.25, 0.3) is 0 Å². The molecule has 1 fully saturated rings. The maximum atomic E-state index is 14.4. The number of fused-ring (bicyclic) bond motifs is 1. The standard InChI is InChI=1S/C24H19F3N4/c25-16-9-10-22(20(27)15-16)30-11-13-31(14-12-30)24-18-6-2-4-8-21(18)28-23(29-24)17-5-1-3-7-19(17)26/h1-10,15H,11-14H2. The lowest BCUT2D eigenvalue weighted by Crippen LogP contribution is -2.47. The Kier molecular flexibility index (Phi) is 4.94. The Morgan fingerprint density at radius 3 is 2.16 bits per heavy atom. The van der Waals surface area contributed by atoms with Crippen LogP contribution < -0.4 is 9.80 Å². The summed E-state index contributed by atoms with van der Waals surface area (Å²) in [5.41, 5.74) is 1.47. The van der Waals surface area contributed by atoms with E-state index in [0.29, 0.717) is 43.3 Å². The zero-order chi connectivity index (χ0) is 21.4. The molecular formula is C24H19F3N4. The lowest BCUT2D eigenvalue weighted by molar-refractivity contribution is 0.570. The zero-order valence-corrected chi connectivity index (χ0v) is 16.6. The molecule has 1 saturated heterocycles. The molecule has 0 unspecified atom stereocenters. The van der Waals surface area contributed by atoms with Gasteiger partial charge in [0.05, 0.1) is 16.8 Å². The number of halogens is 3. The van der Waals surface area contributed by atoms with Gasteiger partial charge in [-0.25, -0.2) is 23.1 Å². The lowest BCUT2D eigenvalue weighted by Gasteiger charge is -2.37. The number of hydrogen-bond donors (Lipinski definition) is 0. The van der Waals surface area contributed by atoms with E-state index in [1.807, 2.05) is 29.2 Å². The third-order valence-electron chi connectivity index (χ3n) is 5.53. The average molecular weight is 420 g/mol. The molecule has 31 heavy (non-hydrogen) atoms. The zero-order valence-electron chi connectivity index (χ0n) is 16.6. The van der Waals surface area contributed by atoms with Crippen molar-refractivity contribution in [3.8, 4) is 11.4 Å². The molecule has 1 aliphatic heterocycles. The van der Waals surface area contributed by atoms with Gasteiger partial charge in [-0.1, -0.05) is 24.3 Å². The maximum Gasteiger partial charge on any atom is 0.165 e. The summed E-state index contributed by atoms with van der Waals surface area (Å²) in [6, 6.07) is 17.7. The van der Waals surface area contributed by atoms with Crippen molar-refractivity contribution < 1.29 is 13.2 Å². The van der Waals surface area contributed by atoms with E-state index < -0.39 is 11.6 Å². The SMILES string of the molecule is Fc1ccc(N2CCN(c3nc(-c4ccccc4F)nc4ccccc34)CC2)c(F)c1. The van der Waals surface area contributed by atoms with E-state index in [2.05, 4.69) is 9.88 Å². The highest BCUT2D eigenvalue weighted by Gasteiger charge is 2.23. The van der Waals surface area contributed by atoms with Crippen molar-refractivity contribution in [3.05, 3.63) is 84.2 Å². The number of para-hydroxylation sites is 1. The van der Waals surface area contributed by atoms with Gasteiger partial charge in [0.15, 0.2) is 5.82 Å². The molecule has 0 radical (unpaired) electrons. The third-order valence-corrected chi connectivity index (χ3v) is 5.53. The highest BCUT2D eigenvalue weighted by Crippen LogP contribution is 2.30. The summed E-state index contributed by atoms with van der Waals surface area (Å²) in [6.07, 6.45) is 0. The topological polar surface area (TPSA) is 32.3 Å². The molecule has 4 nitrogen and oxygen atoms in total. The second-order valence-electron chi connectivity index (χ2n) is 7.44. The van der Waals surface area contributed by atoms with E-state index in [-0.39, 0.29) is 5.82 Å². The van der Waals surface area contributed by atoms with Gasteiger partial charge in [-0.3, -0.25) is 0 Å². The Morgan fingerprint density at radius 1 is 0.677 bits per heavy atom. The average Bonchev–Trinajstić information content (AvgIpc) is 2.79. The lowest BCUT2D eigenvalue weighted by atomic mass is 10.1. The van der Waals surface area contributed by atoms with Crippen molar-refractivity contribution in [1.82, 2.24) is 9.97 Å². The van der Waals surface area contributed by atoms with Gasteiger partial charge in [0, 0.05) is 37.6 Å². The molecule has 0 aliphatic carbocycles. The summed E-state index contributed by atoms with van der Waals surface area (Å²) in [5, 5.41) is 0.879. The quantitative estimate of drug-likeness (QED) is 0.465. The fraction of sp³-hybridized carbons (Fsp3) is 0.167. The number of piperazine rings is 1. The van der Waals surface area contributed by atoms with Crippen LogP contribution in [0.5, 0.6) is 0 Å². The number of aromatic nitrogens is 2. The first-order chi connectivity index (χ1) is 15.1. The predicted molar refractivity (Wildman–Crippen MR) is 116 cm³/mol. The summed E-state index contributed by atoms with van der Waals surface area (Å²) < 4.78 is 41.8. The minimum atomic E-state index is -0.590. The van der Waals surface area contributed by atoms with Gasteiger partial charge >= 0.3 is 0 Å². The van der Waals surface area contributed by atoms with Gasteiger partial charge in [0.2, 0.25) is 0 Å². The monoisotopic (exact) mass is 420 g/mol. The summed E-state index contributed by atoms with van der Waals surface area (Å²) in [7, 11) is 0. The summed E-state index contributed by atoms with van der Waals surface area (Å²) in [5.74, 6) is -0.474. The molecule has 0 spiro atoms. The first-order valence-corrected chi connectivity index (χ1v) is 10.1. The number of benzene rings is 3. The summed E-state index contributed by atoms with van der Waals surface area (Å²) in [4.78, 5) is 13.3. The van der Waals surface area contributed by atoms with Crippen LogP contribution in [0.25, 0.3) is 22.3 Å². The van der Waals surface area contributed by atoms with Crippen LogP contribution in [-0.4, -0.2) is 36.1 Å². The smallest absolute Gasteiger partial charge is 0.165 e. The second kappa shape index (κ2) is 7.91. The summed E-state index contributed by atoms with van der Waals surface area (Å²) in [6.45, 7) is 2.29. The van der Waals surface area contributed by atoms with Crippen LogP contribution in [0.1, 0.15) is 0 Å². The number of hydrogen-bond acceptors (Lipinski definition) is 4. The van der Waals surface area contributed by atoms with Crippen LogP contribution in [0, 0.1) is 17.5 Å². The molecule has 2 heterocycles. The van der Waals surface area contributed by atoms with E-state index in [4.69, 9.17) is 4.98 Å². The minimum Gasteiger partial charge on any atom is -0.366 e. The van der Waals surface area contributed by atoms with Gasteiger partial charge in [-0.2, -0.15) is 0 Å². The van der Waals surface area contributed by atoms with Crippen LogP contribution in [0.15, 0.2) is 66.7 Å². The molecule has 1 aliphatic rings. The van der Waals surface area contributed by atoms with E-state index in [0.717, 1.165) is 22.8 Å². The Bertz CT molecular complexity index is 1250. The number of anilines is 2. The molecule has 156 valence electrons. The first kappa shape index (κ1) is 19.4. The first-order valence-electron chi connectivity index (χ1n) is 10.1. The van der Waals surface area contributed by atoms with Crippen LogP contribution in [0.2, 0.25) is 0 Å². The minimum absolute atomic E-state index is 0.332. The van der Waals surface area contributed by atoms with Crippen molar-refractivity contribution in [3.63, 3.8) is 0 Å². The van der Waals surface area contributed by atoms with Crippen LogP contribution >= 0.6 is 0 Å². The number of rotatable bonds is 3. The molecule has 0 saturated carbocycles. The molecule has 7 heteroatoms. The van der Waals surface area contributed by atoms with E-state index in [1.165, 1.54) is 18.2 Å². The molecule has 4 aromatic rings. The highest BCUT2D eigenvalue weighted by atomic mass is 19.1. The van der Waals surface area contributed by atoms with E-state index in [1.54, 1.807) is 18.2 Å². The van der Waals surface area contributed by atoms with Crippen LogP contribution in [-0.2, 0) is 0 Å². The van der Waals surface area contributed by atoms with Gasteiger partial charge in [-0.15, -0.1) is 0 Å². The predicted octanol–water partition coefficient (Wildman–Crippen LogP) is 5.04. The highest BCUT2D eigenvalue weighted by molar-refractivity contribution is 5.91. The normalized spacial score (nSPS) is 14.3. The van der Waals surface area contributed by atoms with Crippen molar-refractivity contribution in [2.24, 2.45) is 0 Å². The van der Waals surface area contributed by atoms with E-state index >= 15 is 0 Å². The Morgan fingerprint density at radius 2 is 1.39 bits per heavy atom. The number of nitrogens with zero attached hydrogens (tertiary/aromatic N) is 4. The molecule has 0 amide bonds. The molecule has 3 aromatic carbocycles. The van der Waals surface area contributed by atoms with Crippen LogP contribution in [0.3, 0.4) is 0 Å². The Hall–Kier alpha value is -3.61. The van der Waals surface area contributed by atoms with E-state index in [9.17, 15) is 13.2 Å².